The number of ether oxygens (including phenoxy) is 1. The van der Waals surface area contributed by atoms with Gasteiger partial charge in [0, 0.05) is 5.69 Å². The topological polar surface area (TPSA) is 75.7 Å². The second-order valence-electron chi connectivity index (χ2n) is 7.86. The molecule has 0 spiro atoms. The van der Waals surface area contributed by atoms with E-state index in [1.54, 1.807) is 37.3 Å². The zero-order chi connectivity index (χ0) is 21.7. The van der Waals surface area contributed by atoms with Crippen LogP contribution in [0.3, 0.4) is 0 Å². The second-order valence-corrected chi connectivity index (χ2v) is 9.72. The normalized spacial score (nSPS) is 15.6. The molecule has 0 aliphatic heterocycles. The Kier molecular flexibility index (Phi) is 7.02. The molecule has 3 rings (SSSR count). The zero-order valence-electron chi connectivity index (χ0n) is 17.8. The first-order valence-corrected chi connectivity index (χ1v) is 12.3. The van der Waals surface area contributed by atoms with Crippen LogP contribution in [0.1, 0.15) is 44.6 Å². The molecule has 0 saturated heterocycles. The highest BCUT2D eigenvalue weighted by Gasteiger charge is 2.31. The first kappa shape index (κ1) is 22.2. The quantitative estimate of drug-likeness (QED) is 0.669. The van der Waals surface area contributed by atoms with Gasteiger partial charge >= 0.3 is 0 Å². The van der Waals surface area contributed by atoms with E-state index in [2.05, 4.69) is 5.32 Å². The minimum Gasteiger partial charge on any atom is -0.490 e. The average Bonchev–Trinajstić information content (AvgIpc) is 3.19. The van der Waals surface area contributed by atoms with Gasteiger partial charge in [0.25, 0.3) is 0 Å². The van der Waals surface area contributed by atoms with E-state index in [1.165, 1.54) is 17.1 Å². The van der Waals surface area contributed by atoms with Crippen LogP contribution in [0.5, 0.6) is 5.75 Å². The Hall–Kier alpha value is -2.54. The van der Waals surface area contributed by atoms with E-state index in [0.29, 0.717) is 17.8 Å². The van der Waals surface area contributed by atoms with Gasteiger partial charge in [0.15, 0.2) is 0 Å². The molecule has 0 bridgehead atoms. The monoisotopic (exact) mass is 430 g/mol. The molecule has 7 heteroatoms. The summed E-state index contributed by atoms with van der Waals surface area (Å²) in [7, 11) is -3.65. The Morgan fingerprint density at radius 3 is 2.40 bits per heavy atom. The Balaban J connectivity index is 1.75. The highest BCUT2D eigenvalue weighted by atomic mass is 32.2. The van der Waals surface area contributed by atoms with Crippen molar-refractivity contribution in [2.45, 2.75) is 58.1 Å². The SMILES string of the molecule is CC[C@H](C(=O)Nc1ccc(OC2CCCC2)cc1)N(c1cccc(C)c1)S(C)(=O)=O. The lowest BCUT2D eigenvalue weighted by molar-refractivity contribution is -0.117. The predicted molar refractivity (Wildman–Crippen MR) is 121 cm³/mol. The average molecular weight is 431 g/mol. The van der Waals surface area contributed by atoms with Crippen LogP contribution < -0.4 is 14.4 Å². The molecule has 0 heterocycles. The number of anilines is 2. The molecule has 1 aliphatic carbocycles. The zero-order valence-corrected chi connectivity index (χ0v) is 18.6. The van der Waals surface area contributed by atoms with Gasteiger partial charge in [-0.2, -0.15) is 0 Å². The van der Waals surface area contributed by atoms with Crippen LogP contribution in [0.2, 0.25) is 0 Å². The number of nitrogens with one attached hydrogen (secondary N) is 1. The van der Waals surface area contributed by atoms with Gasteiger partial charge in [-0.1, -0.05) is 19.1 Å². The fraction of sp³-hybridized carbons (Fsp3) is 0.435. The molecule has 0 unspecified atom stereocenters. The molecule has 1 aliphatic rings. The Morgan fingerprint density at radius 1 is 1.17 bits per heavy atom. The maximum absolute atomic E-state index is 13.0. The minimum absolute atomic E-state index is 0.271. The highest BCUT2D eigenvalue weighted by molar-refractivity contribution is 7.92. The van der Waals surface area contributed by atoms with Crippen molar-refractivity contribution in [3.05, 3.63) is 54.1 Å². The van der Waals surface area contributed by atoms with E-state index in [0.717, 1.165) is 30.4 Å². The minimum atomic E-state index is -3.65. The van der Waals surface area contributed by atoms with Crippen LogP contribution in [-0.4, -0.2) is 32.7 Å². The van der Waals surface area contributed by atoms with Crippen LogP contribution in [-0.2, 0) is 14.8 Å². The number of carbonyl (C=O) groups excluding carboxylic acids is 1. The summed E-state index contributed by atoms with van der Waals surface area (Å²) in [6, 6.07) is 13.5. The predicted octanol–water partition coefficient (Wildman–Crippen LogP) is 4.50. The van der Waals surface area contributed by atoms with Crippen molar-refractivity contribution in [1.29, 1.82) is 0 Å². The molecule has 6 nitrogen and oxygen atoms in total. The maximum Gasteiger partial charge on any atom is 0.248 e. The van der Waals surface area contributed by atoms with Gasteiger partial charge in [-0.05, 0) is 81.0 Å². The Bertz CT molecular complexity index is 967. The van der Waals surface area contributed by atoms with E-state index in [1.807, 2.05) is 25.1 Å². The molecule has 1 amide bonds. The molecule has 1 saturated carbocycles. The molecule has 2 aromatic rings. The lowest BCUT2D eigenvalue weighted by Gasteiger charge is -2.30. The number of benzene rings is 2. The van der Waals surface area contributed by atoms with Crippen molar-refractivity contribution in [2.24, 2.45) is 0 Å². The summed E-state index contributed by atoms with van der Waals surface area (Å²) in [5.41, 5.74) is 2.02. The van der Waals surface area contributed by atoms with Gasteiger partial charge in [0.1, 0.15) is 11.8 Å². The fourth-order valence-corrected chi connectivity index (χ4v) is 5.07. The molecule has 162 valence electrons. The molecular weight excluding hydrogens is 400 g/mol. The van der Waals surface area contributed by atoms with Crippen LogP contribution >= 0.6 is 0 Å². The van der Waals surface area contributed by atoms with Gasteiger partial charge in [-0.25, -0.2) is 8.42 Å². The second kappa shape index (κ2) is 9.51. The Labute approximate surface area is 179 Å². The number of aryl methyl sites for hydroxylation is 1. The molecule has 2 aromatic carbocycles. The number of hydrogen-bond donors (Lipinski definition) is 1. The summed E-state index contributed by atoms with van der Waals surface area (Å²) in [6.07, 6.45) is 6.31. The van der Waals surface area contributed by atoms with Crippen molar-refractivity contribution in [1.82, 2.24) is 0 Å². The lowest BCUT2D eigenvalue weighted by Crippen LogP contribution is -2.47. The van der Waals surface area contributed by atoms with E-state index in [-0.39, 0.29) is 12.0 Å². The van der Waals surface area contributed by atoms with E-state index >= 15 is 0 Å². The number of sulfonamides is 1. The van der Waals surface area contributed by atoms with Gasteiger partial charge in [0.2, 0.25) is 15.9 Å². The number of amides is 1. The third-order valence-corrected chi connectivity index (χ3v) is 6.49. The third-order valence-electron chi connectivity index (χ3n) is 5.31. The van der Waals surface area contributed by atoms with Gasteiger partial charge in [-0.15, -0.1) is 0 Å². The largest absolute Gasteiger partial charge is 0.490 e. The standard InChI is InChI=1S/C23H30N2O4S/c1-4-22(25(30(3,27)28)19-9-7-8-17(2)16-19)23(26)24-18-12-14-21(15-13-18)29-20-10-5-6-11-20/h7-9,12-16,20,22H,4-6,10-11H2,1-3H3,(H,24,26)/t22-/m1/s1. The summed E-state index contributed by atoms with van der Waals surface area (Å²) in [6.45, 7) is 3.69. The summed E-state index contributed by atoms with van der Waals surface area (Å²) in [5.74, 6) is 0.415. The van der Waals surface area contributed by atoms with E-state index in [9.17, 15) is 13.2 Å². The van der Waals surface area contributed by atoms with Crippen molar-refractivity contribution in [3.63, 3.8) is 0 Å². The van der Waals surface area contributed by atoms with Crippen LogP contribution in [0.25, 0.3) is 0 Å². The molecular formula is C23H30N2O4S. The van der Waals surface area contributed by atoms with Gasteiger partial charge in [0.05, 0.1) is 18.0 Å². The van der Waals surface area contributed by atoms with Crippen LogP contribution in [0.4, 0.5) is 11.4 Å². The van der Waals surface area contributed by atoms with E-state index < -0.39 is 16.1 Å². The summed E-state index contributed by atoms with van der Waals surface area (Å²) >= 11 is 0. The first-order chi connectivity index (χ1) is 14.3. The maximum atomic E-state index is 13.0. The molecule has 1 fully saturated rings. The number of nitrogens with zero attached hydrogens (tertiary/aromatic N) is 1. The van der Waals surface area contributed by atoms with Crippen molar-refractivity contribution < 1.29 is 17.9 Å². The molecule has 30 heavy (non-hydrogen) atoms. The number of rotatable bonds is 8. The molecule has 0 radical (unpaired) electrons. The number of carbonyl (C=O) groups is 1. The smallest absolute Gasteiger partial charge is 0.248 e. The molecule has 1 atom stereocenters. The molecule has 0 aromatic heterocycles. The Morgan fingerprint density at radius 2 is 1.83 bits per heavy atom. The highest BCUT2D eigenvalue weighted by Crippen LogP contribution is 2.26. The van der Waals surface area contributed by atoms with Crippen LogP contribution in [0.15, 0.2) is 48.5 Å². The fourth-order valence-electron chi connectivity index (χ4n) is 3.87. The first-order valence-electron chi connectivity index (χ1n) is 10.4. The van der Waals surface area contributed by atoms with Crippen molar-refractivity contribution in [3.8, 4) is 5.75 Å². The van der Waals surface area contributed by atoms with Crippen molar-refractivity contribution in [2.75, 3.05) is 15.9 Å². The summed E-state index contributed by atoms with van der Waals surface area (Å²) in [5, 5.41) is 2.85. The summed E-state index contributed by atoms with van der Waals surface area (Å²) < 4.78 is 32.2. The van der Waals surface area contributed by atoms with Crippen molar-refractivity contribution >= 4 is 27.3 Å². The summed E-state index contributed by atoms with van der Waals surface area (Å²) in [4.78, 5) is 13.0. The van der Waals surface area contributed by atoms with Gasteiger partial charge < -0.3 is 10.1 Å². The van der Waals surface area contributed by atoms with E-state index in [4.69, 9.17) is 4.74 Å². The third kappa shape index (κ3) is 5.53. The molecule has 1 N–H and O–H groups in total. The lowest BCUT2D eigenvalue weighted by atomic mass is 10.1. The number of hydrogen-bond acceptors (Lipinski definition) is 4. The van der Waals surface area contributed by atoms with Gasteiger partial charge in [-0.3, -0.25) is 9.10 Å². The van der Waals surface area contributed by atoms with Crippen LogP contribution in [0, 0.1) is 6.92 Å².